The molecule has 114 valence electrons. The van der Waals surface area contributed by atoms with Gasteiger partial charge in [0.05, 0.1) is 0 Å². The molecule has 6 heteroatoms. The van der Waals surface area contributed by atoms with Gasteiger partial charge >= 0.3 is 6.03 Å². The Bertz CT molecular complexity index is 342. The largest absolute Gasteiger partial charge is 0.338 e. The summed E-state index contributed by atoms with van der Waals surface area (Å²) in [6, 6.07) is -0.334. The van der Waals surface area contributed by atoms with Gasteiger partial charge in [0.25, 0.3) is 0 Å². The summed E-state index contributed by atoms with van der Waals surface area (Å²) in [5.74, 6) is 0.120. The number of hydrogen-bond acceptors (Lipinski definition) is 3. The van der Waals surface area contributed by atoms with Crippen LogP contribution in [0.1, 0.15) is 32.6 Å². The van der Waals surface area contributed by atoms with E-state index in [0.29, 0.717) is 13.1 Å². The van der Waals surface area contributed by atoms with Crippen molar-refractivity contribution in [2.45, 2.75) is 38.6 Å². The zero-order chi connectivity index (χ0) is 14.4. The summed E-state index contributed by atoms with van der Waals surface area (Å²) in [7, 11) is 0. The third kappa shape index (κ3) is 3.62. The highest BCUT2D eigenvalue weighted by molar-refractivity contribution is 5.87. The van der Waals surface area contributed by atoms with Gasteiger partial charge < -0.3 is 20.4 Å². The van der Waals surface area contributed by atoms with E-state index in [-0.39, 0.29) is 18.0 Å². The molecule has 0 aromatic carbocycles. The Morgan fingerprint density at radius 3 is 2.70 bits per heavy atom. The molecule has 2 aliphatic heterocycles. The van der Waals surface area contributed by atoms with Crippen molar-refractivity contribution in [3.8, 4) is 0 Å². The normalized spacial score (nSPS) is 22.9. The van der Waals surface area contributed by atoms with Crippen molar-refractivity contribution in [3.63, 3.8) is 0 Å². The predicted molar refractivity (Wildman–Crippen MR) is 77.5 cm³/mol. The zero-order valence-corrected chi connectivity index (χ0v) is 12.4. The van der Waals surface area contributed by atoms with Gasteiger partial charge in [0.2, 0.25) is 5.91 Å². The van der Waals surface area contributed by atoms with Crippen LogP contribution in [0.5, 0.6) is 0 Å². The molecule has 0 aromatic heterocycles. The van der Waals surface area contributed by atoms with E-state index in [1.807, 2.05) is 4.90 Å². The molecule has 2 rings (SSSR count). The first-order chi connectivity index (χ1) is 9.74. The average molecular weight is 282 g/mol. The minimum absolute atomic E-state index is 0.0792. The van der Waals surface area contributed by atoms with Gasteiger partial charge in [-0.1, -0.05) is 13.3 Å². The fourth-order valence-corrected chi connectivity index (χ4v) is 2.84. The van der Waals surface area contributed by atoms with E-state index >= 15 is 0 Å². The number of carbonyl (C=O) groups excluding carboxylic acids is 2. The molecule has 2 saturated heterocycles. The van der Waals surface area contributed by atoms with Gasteiger partial charge in [0.1, 0.15) is 6.04 Å². The SMILES string of the molecule is CCCCNC(=O)N1CCCC1C(=O)N1CCNCC1. The molecule has 2 N–H and O–H groups in total. The molecule has 0 saturated carbocycles. The van der Waals surface area contributed by atoms with Crippen LogP contribution in [0.25, 0.3) is 0 Å². The van der Waals surface area contributed by atoms with E-state index in [4.69, 9.17) is 0 Å². The topological polar surface area (TPSA) is 64.7 Å². The first kappa shape index (κ1) is 15.1. The first-order valence-electron chi connectivity index (χ1n) is 7.78. The molecular formula is C14H26N4O2. The Labute approximate surface area is 120 Å². The summed E-state index contributed by atoms with van der Waals surface area (Å²) < 4.78 is 0. The molecule has 0 bridgehead atoms. The molecule has 0 radical (unpaired) electrons. The van der Waals surface area contributed by atoms with Crippen molar-refractivity contribution in [2.24, 2.45) is 0 Å². The summed E-state index contributed by atoms with van der Waals surface area (Å²) >= 11 is 0. The van der Waals surface area contributed by atoms with Crippen molar-refractivity contribution >= 4 is 11.9 Å². The maximum atomic E-state index is 12.5. The monoisotopic (exact) mass is 282 g/mol. The molecule has 0 spiro atoms. The molecule has 1 atom stereocenters. The molecule has 2 fully saturated rings. The van der Waals surface area contributed by atoms with Crippen LogP contribution in [-0.4, -0.2) is 67.0 Å². The van der Waals surface area contributed by atoms with E-state index in [9.17, 15) is 9.59 Å². The van der Waals surface area contributed by atoms with Crippen LogP contribution in [0.2, 0.25) is 0 Å². The highest BCUT2D eigenvalue weighted by atomic mass is 16.2. The summed E-state index contributed by atoms with van der Waals surface area (Å²) in [5, 5.41) is 6.16. The van der Waals surface area contributed by atoms with E-state index in [0.717, 1.165) is 51.9 Å². The summed E-state index contributed by atoms with van der Waals surface area (Å²) in [4.78, 5) is 28.3. The standard InChI is InChI=1S/C14H26N4O2/c1-2-3-6-16-14(20)18-9-4-5-12(18)13(19)17-10-7-15-8-11-17/h12,15H,2-11H2,1H3,(H,16,20). The van der Waals surface area contributed by atoms with Gasteiger partial charge in [0.15, 0.2) is 0 Å². The lowest BCUT2D eigenvalue weighted by atomic mass is 10.2. The number of likely N-dealkylation sites (tertiary alicyclic amines) is 1. The Balaban J connectivity index is 1.88. The Hall–Kier alpha value is -1.30. The third-order valence-electron chi connectivity index (χ3n) is 4.03. The maximum Gasteiger partial charge on any atom is 0.318 e. The van der Waals surface area contributed by atoms with E-state index in [1.165, 1.54) is 0 Å². The lowest BCUT2D eigenvalue weighted by molar-refractivity contribution is -0.135. The lowest BCUT2D eigenvalue weighted by Crippen LogP contribution is -2.54. The van der Waals surface area contributed by atoms with Gasteiger partial charge in [-0.15, -0.1) is 0 Å². The number of piperazine rings is 1. The highest BCUT2D eigenvalue weighted by Crippen LogP contribution is 2.19. The van der Waals surface area contributed by atoms with Crippen molar-refractivity contribution < 1.29 is 9.59 Å². The third-order valence-corrected chi connectivity index (χ3v) is 4.03. The minimum atomic E-state index is -0.255. The van der Waals surface area contributed by atoms with Crippen LogP contribution in [0, 0.1) is 0 Å². The fraction of sp³-hybridized carbons (Fsp3) is 0.857. The zero-order valence-electron chi connectivity index (χ0n) is 12.4. The number of amides is 3. The smallest absolute Gasteiger partial charge is 0.318 e. The van der Waals surface area contributed by atoms with Gasteiger partial charge in [-0.3, -0.25) is 4.79 Å². The number of hydrogen-bond donors (Lipinski definition) is 2. The van der Waals surface area contributed by atoms with Crippen LogP contribution in [-0.2, 0) is 4.79 Å². The van der Waals surface area contributed by atoms with Gasteiger partial charge in [0, 0.05) is 39.3 Å². The number of carbonyl (C=O) groups is 2. The van der Waals surface area contributed by atoms with E-state index < -0.39 is 0 Å². The molecule has 0 aliphatic carbocycles. The van der Waals surface area contributed by atoms with Crippen LogP contribution >= 0.6 is 0 Å². The average Bonchev–Trinajstić information content (AvgIpc) is 2.97. The predicted octanol–water partition coefficient (Wildman–Crippen LogP) is 0.392. The molecule has 3 amide bonds. The van der Waals surface area contributed by atoms with Crippen molar-refractivity contribution in [2.75, 3.05) is 39.3 Å². The van der Waals surface area contributed by atoms with E-state index in [1.54, 1.807) is 4.90 Å². The van der Waals surface area contributed by atoms with Crippen molar-refractivity contribution in [1.82, 2.24) is 20.4 Å². The van der Waals surface area contributed by atoms with Crippen LogP contribution in [0.3, 0.4) is 0 Å². The second-order valence-corrected chi connectivity index (χ2v) is 5.51. The van der Waals surface area contributed by atoms with Crippen LogP contribution in [0.4, 0.5) is 4.79 Å². The fourth-order valence-electron chi connectivity index (χ4n) is 2.84. The van der Waals surface area contributed by atoms with Gasteiger partial charge in [-0.05, 0) is 19.3 Å². The van der Waals surface area contributed by atoms with Gasteiger partial charge in [-0.25, -0.2) is 4.79 Å². The summed E-state index contributed by atoms with van der Waals surface area (Å²) in [5.41, 5.74) is 0. The quantitative estimate of drug-likeness (QED) is 0.733. The second kappa shape index (κ2) is 7.47. The first-order valence-corrected chi connectivity index (χ1v) is 7.78. The van der Waals surface area contributed by atoms with Crippen LogP contribution < -0.4 is 10.6 Å². The number of rotatable bonds is 4. The number of unbranched alkanes of at least 4 members (excludes halogenated alkanes) is 1. The second-order valence-electron chi connectivity index (χ2n) is 5.51. The number of urea groups is 1. The molecule has 0 aromatic rings. The molecule has 6 nitrogen and oxygen atoms in total. The Kier molecular flexibility index (Phi) is 5.64. The van der Waals surface area contributed by atoms with Gasteiger partial charge in [-0.2, -0.15) is 0 Å². The number of nitrogens with zero attached hydrogens (tertiary/aromatic N) is 2. The Morgan fingerprint density at radius 2 is 2.00 bits per heavy atom. The molecule has 2 heterocycles. The van der Waals surface area contributed by atoms with Crippen molar-refractivity contribution in [1.29, 1.82) is 0 Å². The van der Waals surface area contributed by atoms with Crippen molar-refractivity contribution in [3.05, 3.63) is 0 Å². The maximum absolute atomic E-state index is 12.5. The molecular weight excluding hydrogens is 256 g/mol. The summed E-state index contributed by atoms with van der Waals surface area (Å²) in [6.45, 7) is 6.68. The highest BCUT2D eigenvalue weighted by Gasteiger charge is 2.36. The summed E-state index contributed by atoms with van der Waals surface area (Å²) in [6.07, 6.45) is 3.76. The Morgan fingerprint density at radius 1 is 1.25 bits per heavy atom. The lowest BCUT2D eigenvalue weighted by Gasteiger charge is -2.32. The number of nitrogens with one attached hydrogen (secondary N) is 2. The molecule has 2 aliphatic rings. The molecule has 20 heavy (non-hydrogen) atoms. The van der Waals surface area contributed by atoms with E-state index in [2.05, 4.69) is 17.6 Å². The van der Waals surface area contributed by atoms with Crippen LogP contribution in [0.15, 0.2) is 0 Å². The minimum Gasteiger partial charge on any atom is -0.338 e. The molecule has 1 unspecified atom stereocenters.